The minimum absolute atomic E-state index is 0.163. The Hall–Kier alpha value is -0.570. The average Bonchev–Trinajstić information content (AvgIpc) is 3.03. The number of hydrogen-bond acceptors (Lipinski definition) is 2. The Bertz CT molecular complexity index is 389. The van der Waals surface area contributed by atoms with Gasteiger partial charge in [0.1, 0.15) is 5.82 Å². The van der Waals surface area contributed by atoms with Crippen molar-refractivity contribution >= 4 is 11.6 Å². The second kappa shape index (κ2) is 3.73. The summed E-state index contributed by atoms with van der Waals surface area (Å²) in [5.74, 6) is 1.76. The smallest absolute Gasteiger partial charge is 0.225 e. The standard InChI is InChI=1S/C12H18ClN3/c1-12(7-3-2-4-8-12)16-10(9-5-6-9)14-15-11(16)13/h9H,2-8H2,1H3. The monoisotopic (exact) mass is 239 g/mol. The fourth-order valence-electron chi connectivity index (χ4n) is 2.92. The van der Waals surface area contributed by atoms with Gasteiger partial charge in [0.2, 0.25) is 5.28 Å². The van der Waals surface area contributed by atoms with E-state index >= 15 is 0 Å². The molecule has 1 aromatic heterocycles. The predicted molar refractivity (Wildman–Crippen MR) is 63.7 cm³/mol. The third-order valence-corrected chi connectivity index (χ3v) is 4.31. The van der Waals surface area contributed by atoms with Gasteiger partial charge in [-0.2, -0.15) is 0 Å². The molecule has 0 aliphatic heterocycles. The Morgan fingerprint density at radius 2 is 1.88 bits per heavy atom. The molecule has 0 bridgehead atoms. The van der Waals surface area contributed by atoms with E-state index in [1.165, 1.54) is 44.9 Å². The van der Waals surface area contributed by atoms with E-state index in [1.54, 1.807) is 0 Å². The van der Waals surface area contributed by atoms with Crippen LogP contribution in [0.4, 0.5) is 0 Å². The highest BCUT2D eigenvalue weighted by atomic mass is 35.5. The lowest BCUT2D eigenvalue weighted by atomic mass is 9.83. The van der Waals surface area contributed by atoms with Crippen LogP contribution in [-0.2, 0) is 5.54 Å². The maximum absolute atomic E-state index is 6.23. The lowest BCUT2D eigenvalue weighted by Gasteiger charge is -2.36. The molecule has 0 radical (unpaired) electrons. The summed E-state index contributed by atoms with van der Waals surface area (Å²) in [7, 11) is 0. The van der Waals surface area contributed by atoms with Crippen molar-refractivity contribution in [2.75, 3.05) is 0 Å². The minimum atomic E-state index is 0.163. The zero-order chi connectivity index (χ0) is 11.2. The third kappa shape index (κ3) is 1.65. The molecular formula is C12H18ClN3. The van der Waals surface area contributed by atoms with Gasteiger partial charge in [0.05, 0.1) is 0 Å². The zero-order valence-corrected chi connectivity index (χ0v) is 10.5. The van der Waals surface area contributed by atoms with E-state index in [1.807, 2.05) is 0 Å². The molecular weight excluding hydrogens is 222 g/mol. The molecule has 0 N–H and O–H groups in total. The van der Waals surface area contributed by atoms with Crippen molar-refractivity contribution in [3.63, 3.8) is 0 Å². The van der Waals surface area contributed by atoms with Gasteiger partial charge in [-0.05, 0) is 44.2 Å². The summed E-state index contributed by atoms with van der Waals surface area (Å²) >= 11 is 6.23. The first-order valence-corrected chi connectivity index (χ1v) is 6.70. The summed E-state index contributed by atoms with van der Waals surface area (Å²) < 4.78 is 2.23. The first-order chi connectivity index (χ1) is 7.71. The first kappa shape index (κ1) is 10.6. The minimum Gasteiger partial charge on any atom is -0.296 e. The zero-order valence-electron chi connectivity index (χ0n) is 9.75. The van der Waals surface area contributed by atoms with Crippen molar-refractivity contribution in [2.24, 2.45) is 0 Å². The number of rotatable bonds is 2. The van der Waals surface area contributed by atoms with E-state index < -0.39 is 0 Å². The van der Waals surface area contributed by atoms with Gasteiger partial charge in [-0.1, -0.05) is 19.3 Å². The Morgan fingerprint density at radius 3 is 2.50 bits per heavy atom. The Kier molecular flexibility index (Phi) is 2.46. The Labute approximate surface area is 101 Å². The number of halogens is 1. The van der Waals surface area contributed by atoms with Gasteiger partial charge < -0.3 is 0 Å². The second-order valence-electron chi connectivity index (χ2n) is 5.49. The van der Waals surface area contributed by atoms with Gasteiger partial charge in [-0.15, -0.1) is 10.2 Å². The third-order valence-electron chi connectivity index (χ3n) is 4.06. The molecule has 16 heavy (non-hydrogen) atoms. The molecule has 3 rings (SSSR count). The average molecular weight is 240 g/mol. The summed E-state index contributed by atoms with van der Waals surface area (Å²) in [5, 5.41) is 8.94. The van der Waals surface area contributed by atoms with Crippen molar-refractivity contribution < 1.29 is 0 Å². The van der Waals surface area contributed by atoms with Gasteiger partial charge >= 0.3 is 0 Å². The highest BCUT2D eigenvalue weighted by Gasteiger charge is 2.38. The van der Waals surface area contributed by atoms with Crippen molar-refractivity contribution in [3.8, 4) is 0 Å². The maximum atomic E-state index is 6.23. The molecule has 2 fully saturated rings. The van der Waals surface area contributed by atoms with E-state index in [4.69, 9.17) is 11.6 Å². The van der Waals surface area contributed by atoms with E-state index in [2.05, 4.69) is 21.7 Å². The van der Waals surface area contributed by atoms with E-state index in [-0.39, 0.29) is 5.54 Å². The predicted octanol–water partition coefficient (Wildman–Crippen LogP) is 3.49. The summed E-state index contributed by atoms with van der Waals surface area (Å²) in [4.78, 5) is 0. The number of nitrogens with zero attached hydrogens (tertiary/aromatic N) is 3. The normalized spacial score (nSPS) is 24.6. The van der Waals surface area contributed by atoms with Crippen molar-refractivity contribution in [1.82, 2.24) is 14.8 Å². The molecule has 2 saturated carbocycles. The molecule has 0 atom stereocenters. The summed E-state index contributed by atoms with van der Waals surface area (Å²) in [6.45, 7) is 2.31. The lowest BCUT2D eigenvalue weighted by Crippen LogP contribution is -2.34. The molecule has 0 saturated heterocycles. The van der Waals surface area contributed by atoms with Crippen LogP contribution < -0.4 is 0 Å². The van der Waals surface area contributed by atoms with Crippen LogP contribution in [0.1, 0.15) is 63.6 Å². The van der Waals surface area contributed by atoms with Crippen LogP contribution in [0.3, 0.4) is 0 Å². The molecule has 0 aromatic carbocycles. The Morgan fingerprint density at radius 1 is 1.19 bits per heavy atom. The van der Waals surface area contributed by atoms with Crippen molar-refractivity contribution in [1.29, 1.82) is 0 Å². The molecule has 1 aromatic rings. The largest absolute Gasteiger partial charge is 0.296 e. The fourth-order valence-corrected chi connectivity index (χ4v) is 3.25. The van der Waals surface area contributed by atoms with E-state index in [0.29, 0.717) is 11.2 Å². The molecule has 0 amide bonds. The summed E-state index contributed by atoms with van der Waals surface area (Å²) in [6, 6.07) is 0. The topological polar surface area (TPSA) is 30.7 Å². The van der Waals surface area contributed by atoms with Crippen LogP contribution in [0.2, 0.25) is 5.28 Å². The van der Waals surface area contributed by atoms with Crippen LogP contribution in [0.15, 0.2) is 0 Å². The maximum Gasteiger partial charge on any atom is 0.225 e. The van der Waals surface area contributed by atoms with Gasteiger partial charge in [-0.25, -0.2) is 0 Å². The van der Waals surface area contributed by atoms with Crippen LogP contribution in [0.5, 0.6) is 0 Å². The molecule has 4 heteroatoms. The van der Waals surface area contributed by atoms with E-state index in [9.17, 15) is 0 Å². The van der Waals surface area contributed by atoms with Crippen molar-refractivity contribution in [3.05, 3.63) is 11.1 Å². The van der Waals surface area contributed by atoms with Crippen LogP contribution in [-0.4, -0.2) is 14.8 Å². The fraction of sp³-hybridized carbons (Fsp3) is 0.833. The second-order valence-corrected chi connectivity index (χ2v) is 5.83. The van der Waals surface area contributed by atoms with Gasteiger partial charge in [0, 0.05) is 11.5 Å². The summed E-state index contributed by atoms with van der Waals surface area (Å²) in [6.07, 6.45) is 8.89. The number of hydrogen-bond donors (Lipinski definition) is 0. The van der Waals surface area contributed by atoms with Gasteiger partial charge in [0.25, 0.3) is 0 Å². The molecule has 0 unspecified atom stereocenters. The highest BCUT2D eigenvalue weighted by molar-refractivity contribution is 6.28. The van der Waals surface area contributed by atoms with Crippen molar-refractivity contribution in [2.45, 2.75) is 63.3 Å². The quantitative estimate of drug-likeness (QED) is 0.791. The van der Waals surface area contributed by atoms with E-state index in [0.717, 1.165) is 5.82 Å². The van der Waals surface area contributed by atoms with Gasteiger partial charge in [0.15, 0.2) is 0 Å². The molecule has 2 aliphatic rings. The molecule has 2 aliphatic carbocycles. The molecule has 88 valence electrons. The SMILES string of the molecule is CC1(n2c(Cl)nnc2C2CC2)CCCCC1. The Balaban J connectivity index is 1.99. The van der Waals surface area contributed by atoms with Crippen LogP contribution in [0, 0.1) is 0 Å². The highest BCUT2D eigenvalue weighted by Crippen LogP contribution is 2.44. The van der Waals surface area contributed by atoms with Crippen LogP contribution in [0.25, 0.3) is 0 Å². The molecule has 0 spiro atoms. The first-order valence-electron chi connectivity index (χ1n) is 6.32. The molecule has 1 heterocycles. The lowest BCUT2D eigenvalue weighted by molar-refractivity contribution is 0.213. The number of aromatic nitrogens is 3. The summed E-state index contributed by atoms with van der Waals surface area (Å²) in [5.41, 5.74) is 0.163. The van der Waals surface area contributed by atoms with Crippen LogP contribution >= 0.6 is 11.6 Å². The molecule has 3 nitrogen and oxygen atoms in total. The van der Waals surface area contributed by atoms with Gasteiger partial charge in [-0.3, -0.25) is 4.57 Å².